The molecular weight excluding hydrogens is 418 g/mol. The molecule has 2 fully saturated rings. The Morgan fingerprint density at radius 1 is 1.15 bits per heavy atom. The number of hydrogen-bond acceptors (Lipinski definition) is 3. The first-order valence-corrected chi connectivity index (χ1v) is 13.3. The monoisotopic (exact) mass is 459 g/mol. The molecule has 0 aliphatic heterocycles. The number of hydrogen-bond donors (Lipinski definition) is 1. The lowest BCUT2D eigenvalue weighted by Gasteiger charge is -2.57. The van der Waals surface area contributed by atoms with Crippen molar-refractivity contribution in [3.63, 3.8) is 0 Å². The predicted molar refractivity (Wildman–Crippen MR) is 139 cm³/mol. The zero-order valence-electron chi connectivity index (χ0n) is 21.6. The van der Waals surface area contributed by atoms with Gasteiger partial charge in [0.15, 0.2) is 0 Å². The van der Waals surface area contributed by atoms with Gasteiger partial charge < -0.3 is 14.7 Å². The van der Waals surface area contributed by atoms with Gasteiger partial charge in [-0.1, -0.05) is 31.1 Å². The van der Waals surface area contributed by atoms with Crippen molar-refractivity contribution < 1.29 is 9.84 Å². The van der Waals surface area contributed by atoms with E-state index in [4.69, 9.17) is 4.74 Å². The summed E-state index contributed by atoms with van der Waals surface area (Å²) in [6.07, 6.45) is 11.1. The maximum absolute atomic E-state index is 11.8. The van der Waals surface area contributed by atoms with E-state index in [2.05, 4.69) is 81.1 Å². The molecule has 0 unspecified atom stereocenters. The molecule has 0 bridgehead atoms. The molecule has 0 aromatic heterocycles. The smallest absolute Gasteiger partial charge is 0.131 e. The van der Waals surface area contributed by atoms with Gasteiger partial charge in [-0.15, -0.1) is 5.92 Å². The summed E-state index contributed by atoms with van der Waals surface area (Å²) >= 11 is 0. The highest BCUT2D eigenvalue weighted by atomic mass is 16.5. The lowest BCUT2D eigenvalue weighted by atomic mass is 9.47. The molecule has 3 nitrogen and oxygen atoms in total. The number of aliphatic hydroxyl groups is 1. The van der Waals surface area contributed by atoms with E-state index in [0.717, 1.165) is 44.5 Å². The molecule has 7 atom stereocenters. The third-order valence-electron chi connectivity index (χ3n) is 9.75. The van der Waals surface area contributed by atoms with Crippen LogP contribution >= 0.6 is 0 Å². The Balaban J connectivity index is 1.58. The number of benzene rings is 1. The summed E-state index contributed by atoms with van der Waals surface area (Å²) in [7, 11) is 4.20. The van der Waals surface area contributed by atoms with Crippen LogP contribution in [0.1, 0.15) is 70.8 Å². The van der Waals surface area contributed by atoms with E-state index in [1.54, 1.807) is 0 Å². The van der Waals surface area contributed by atoms with Gasteiger partial charge in [-0.05, 0) is 105 Å². The van der Waals surface area contributed by atoms with Crippen LogP contribution in [0.3, 0.4) is 0 Å². The van der Waals surface area contributed by atoms with E-state index in [1.807, 2.05) is 6.92 Å². The van der Waals surface area contributed by atoms with E-state index in [9.17, 15) is 5.11 Å². The van der Waals surface area contributed by atoms with Crippen molar-refractivity contribution in [2.75, 3.05) is 25.6 Å². The van der Waals surface area contributed by atoms with Crippen LogP contribution in [0.2, 0.25) is 0 Å². The van der Waals surface area contributed by atoms with Gasteiger partial charge in [0.05, 0.1) is 12.4 Å². The molecule has 0 saturated heterocycles. The Morgan fingerprint density at radius 2 is 1.91 bits per heavy atom. The SMILES string of the molecule is CC#C[C@]1(O)CC[C@H]2[C@@H]3CC=C4C=C(OCC)CC[C@@H]4[C@H]3[C@@H](c3ccc(N(C)C)cc3)C[C@@]21C. The van der Waals surface area contributed by atoms with Crippen molar-refractivity contribution in [2.45, 2.75) is 70.8 Å². The minimum absolute atomic E-state index is 0.172. The van der Waals surface area contributed by atoms with E-state index < -0.39 is 5.60 Å². The highest BCUT2D eigenvalue weighted by Crippen LogP contribution is 2.67. The fraction of sp³-hybridized carbons (Fsp3) is 0.613. The van der Waals surface area contributed by atoms with Crippen LogP contribution in [0.25, 0.3) is 0 Å². The van der Waals surface area contributed by atoms with Gasteiger partial charge in [0.2, 0.25) is 0 Å². The predicted octanol–water partition coefficient (Wildman–Crippen LogP) is 6.30. The highest BCUT2D eigenvalue weighted by molar-refractivity contribution is 5.47. The summed E-state index contributed by atoms with van der Waals surface area (Å²) in [6, 6.07) is 9.23. The number of nitrogens with zero attached hydrogens (tertiary/aromatic N) is 1. The Hall–Kier alpha value is -2.18. The van der Waals surface area contributed by atoms with Crippen molar-refractivity contribution in [3.8, 4) is 11.8 Å². The molecule has 1 aromatic carbocycles. The van der Waals surface area contributed by atoms with Crippen LogP contribution < -0.4 is 4.90 Å². The first kappa shape index (κ1) is 23.6. The van der Waals surface area contributed by atoms with Crippen molar-refractivity contribution in [1.82, 2.24) is 0 Å². The van der Waals surface area contributed by atoms with Gasteiger partial charge >= 0.3 is 0 Å². The molecule has 3 heteroatoms. The molecule has 5 rings (SSSR count). The third kappa shape index (κ3) is 3.61. The van der Waals surface area contributed by atoms with Crippen molar-refractivity contribution in [1.29, 1.82) is 0 Å². The summed E-state index contributed by atoms with van der Waals surface area (Å²) in [4.78, 5) is 2.17. The van der Waals surface area contributed by atoms with Crippen LogP contribution in [0.5, 0.6) is 0 Å². The summed E-state index contributed by atoms with van der Waals surface area (Å²) in [5.74, 6) is 10.3. The zero-order chi connectivity index (χ0) is 24.1. The number of anilines is 1. The van der Waals surface area contributed by atoms with E-state index in [-0.39, 0.29) is 5.41 Å². The molecule has 0 radical (unpaired) electrons. The van der Waals surface area contributed by atoms with Crippen molar-refractivity contribution >= 4 is 5.69 Å². The lowest BCUT2D eigenvalue weighted by Crippen LogP contribution is -2.54. The molecule has 0 spiro atoms. The van der Waals surface area contributed by atoms with E-state index in [0.29, 0.717) is 29.6 Å². The largest absolute Gasteiger partial charge is 0.498 e. The normalized spacial score (nSPS) is 38.4. The van der Waals surface area contributed by atoms with Gasteiger partial charge in [0, 0.05) is 31.6 Å². The van der Waals surface area contributed by atoms with Gasteiger partial charge in [0.1, 0.15) is 5.60 Å². The average molecular weight is 460 g/mol. The number of ether oxygens (including phenoxy) is 1. The second kappa shape index (κ2) is 8.80. The number of rotatable bonds is 4. The topological polar surface area (TPSA) is 32.7 Å². The number of allylic oxidation sites excluding steroid dienone is 4. The molecule has 182 valence electrons. The van der Waals surface area contributed by atoms with Crippen LogP contribution in [-0.4, -0.2) is 31.4 Å². The summed E-state index contributed by atoms with van der Waals surface area (Å²) in [5.41, 5.74) is 3.11. The molecule has 34 heavy (non-hydrogen) atoms. The fourth-order valence-electron chi connectivity index (χ4n) is 8.14. The van der Waals surface area contributed by atoms with Crippen LogP contribution in [0.15, 0.2) is 47.7 Å². The van der Waals surface area contributed by atoms with E-state index in [1.165, 1.54) is 23.2 Å². The third-order valence-corrected chi connectivity index (χ3v) is 9.75. The zero-order valence-corrected chi connectivity index (χ0v) is 21.6. The Kier molecular flexibility index (Phi) is 6.09. The second-order valence-electron chi connectivity index (χ2n) is 11.5. The average Bonchev–Trinajstić information content (AvgIpc) is 3.09. The van der Waals surface area contributed by atoms with Gasteiger partial charge in [-0.2, -0.15) is 0 Å². The van der Waals surface area contributed by atoms with Gasteiger partial charge in [-0.3, -0.25) is 0 Å². The Labute approximate surface area is 206 Å². The molecule has 1 N–H and O–H groups in total. The van der Waals surface area contributed by atoms with Crippen LogP contribution in [0.4, 0.5) is 5.69 Å². The minimum atomic E-state index is -0.877. The molecular formula is C31H41NO2. The van der Waals surface area contributed by atoms with Crippen LogP contribution in [-0.2, 0) is 4.74 Å². The van der Waals surface area contributed by atoms with E-state index >= 15 is 0 Å². The Bertz CT molecular complexity index is 1040. The fourth-order valence-corrected chi connectivity index (χ4v) is 8.14. The lowest BCUT2D eigenvalue weighted by molar-refractivity contribution is -0.0902. The molecule has 4 aliphatic carbocycles. The van der Waals surface area contributed by atoms with Gasteiger partial charge in [0.25, 0.3) is 0 Å². The molecule has 0 heterocycles. The summed E-state index contributed by atoms with van der Waals surface area (Å²) in [5, 5.41) is 11.8. The minimum Gasteiger partial charge on any atom is -0.498 e. The van der Waals surface area contributed by atoms with Crippen molar-refractivity contribution in [2.24, 2.45) is 29.1 Å². The number of fused-ring (bicyclic) bond motifs is 5. The molecule has 1 aromatic rings. The summed E-state index contributed by atoms with van der Waals surface area (Å²) in [6.45, 7) is 7.04. The first-order valence-electron chi connectivity index (χ1n) is 13.3. The molecule has 0 amide bonds. The maximum atomic E-state index is 11.8. The second-order valence-corrected chi connectivity index (χ2v) is 11.5. The molecule has 2 saturated carbocycles. The highest BCUT2D eigenvalue weighted by Gasteiger charge is 2.64. The van der Waals surface area contributed by atoms with Gasteiger partial charge in [-0.25, -0.2) is 0 Å². The quantitative estimate of drug-likeness (QED) is 0.536. The Morgan fingerprint density at radius 3 is 2.59 bits per heavy atom. The standard InChI is InChI=1S/C31H41NO2/c1-6-17-31(33)18-16-28-26-14-10-22-19-24(34-7-2)13-15-25(22)29(26)27(20-30(28,31)3)21-8-11-23(12-9-21)32(4)5/h8-12,19,25-29,33H,7,13-16,18,20H2,1-5H3/t25-,26-,27+,28-,29+,30-,31-/m0/s1. The summed E-state index contributed by atoms with van der Waals surface area (Å²) < 4.78 is 5.92. The van der Waals surface area contributed by atoms with Crippen molar-refractivity contribution in [3.05, 3.63) is 53.3 Å². The maximum Gasteiger partial charge on any atom is 0.131 e. The van der Waals surface area contributed by atoms with Crippen LogP contribution in [0, 0.1) is 40.9 Å². The first-order chi connectivity index (χ1) is 16.3. The molecule has 4 aliphatic rings.